The lowest BCUT2D eigenvalue weighted by molar-refractivity contribution is -0.140. The van der Waals surface area contributed by atoms with Crippen molar-refractivity contribution in [3.05, 3.63) is 20.8 Å². The first-order chi connectivity index (χ1) is 8.43. The first kappa shape index (κ1) is 14.9. The van der Waals surface area contributed by atoms with Gasteiger partial charge < -0.3 is 20.4 Å². The molecule has 1 rings (SSSR count). The number of carbonyl (C=O) groups excluding carboxylic acids is 1. The van der Waals surface area contributed by atoms with Crippen LogP contribution in [0.1, 0.15) is 4.88 Å². The highest BCUT2D eigenvalue weighted by Gasteiger charge is 2.20. The van der Waals surface area contributed by atoms with Crippen molar-refractivity contribution >= 4 is 39.3 Å². The molecule has 0 aromatic carbocycles. The minimum absolute atomic E-state index is 0.375. The summed E-state index contributed by atoms with van der Waals surface area (Å²) >= 11 is 4.80. The van der Waals surface area contributed by atoms with Crippen LogP contribution in [0.25, 0.3) is 0 Å². The van der Waals surface area contributed by atoms with Crippen molar-refractivity contribution in [2.75, 3.05) is 13.7 Å². The number of carbonyl (C=O) groups is 2. The molecule has 0 fully saturated rings. The molecule has 18 heavy (non-hydrogen) atoms. The molecule has 1 atom stereocenters. The van der Waals surface area contributed by atoms with Crippen LogP contribution in [0, 0.1) is 0 Å². The van der Waals surface area contributed by atoms with Gasteiger partial charge in [-0.05, 0) is 22.0 Å². The van der Waals surface area contributed by atoms with E-state index in [1.807, 2.05) is 11.4 Å². The van der Waals surface area contributed by atoms with E-state index in [0.717, 1.165) is 9.35 Å². The summed E-state index contributed by atoms with van der Waals surface area (Å²) in [4.78, 5) is 24.6. The molecule has 2 amide bonds. The average molecular weight is 337 g/mol. The van der Waals surface area contributed by atoms with Crippen molar-refractivity contribution in [3.8, 4) is 0 Å². The Kier molecular flexibility index (Phi) is 5.57. The normalized spacial score (nSPS) is 11.9. The lowest BCUT2D eigenvalue weighted by Crippen LogP contribution is -2.48. The van der Waals surface area contributed by atoms with E-state index < -0.39 is 24.6 Å². The largest absolute Gasteiger partial charge is 0.480 e. The van der Waals surface area contributed by atoms with Crippen LogP contribution < -0.4 is 5.32 Å². The summed E-state index contributed by atoms with van der Waals surface area (Å²) in [6.45, 7) is -0.265. The van der Waals surface area contributed by atoms with Gasteiger partial charge in [0.05, 0.1) is 13.2 Å². The van der Waals surface area contributed by atoms with E-state index in [0.29, 0.717) is 6.54 Å². The fourth-order valence-corrected chi connectivity index (χ4v) is 2.69. The molecular formula is C10H13BrN2O4S. The molecule has 0 radical (unpaired) electrons. The van der Waals surface area contributed by atoms with Gasteiger partial charge in [-0.3, -0.25) is 0 Å². The number of hydrogen-bond donors (Lipinski definition) is 3. The third-order valence-electron chi connectivity index (χ3n) is 2.14. The van der Waals surface area contributed by atoms with Gasteiger partial charge in [0.1, 0.15) is 0 Å². The number of carboxylic acids is 1. The molecule has 100 valence electrons. The molecule has 0 saturated carbocycles. The molecule has 8 heteroatoms. The van der Waals surface area contributed by atoms with Crippen molar-refractivity contribution in [2.45, 2.75) is 12.6 Å². The lowest BCUT2D eigenvalue weighted by Gasteiger charge is -2.19. The molecular weight excluding hydrogens is 324 g/mol. The standard InChI is InChI=1S/C10H13BrN2O4S/c1-13(3-7-2-6(11)5-18-7)10(17)12-8(4-14)9(15)16/h2,5,8,14H,3-4H2,1H3,(H,12,17)(H,15,16). The summed E-state index contributed by atoms with van der Waals surface area (Å²) in [6, 6.07) is 0.0609. The van der Waals surface area contributed by atoms with Crippen LogP contribution in [0.3, 0.4) is 0 Å². The van der Waals surface area contributed by atoms with Crippen molar-refractivity contribution in [1.29, 1.82) is 0 Å². The minimum atomic E-state index is -1.28. The van der Waals surface area contributed by atoms with E-state index in [1.54, 1.807) is 7.05 Å². The Balaban J connectivity index is 2.53. The summed E-state index contributed by atoms with van der Waals surface area (Å²) in [5, 5.41) is 21.6. The number of nitrogens with one attached hydrogen (secondary N) is 1. The summed E-state index contributed by atoms with van der Waals surface area (Å²) in [5.41, 5.74) is 0. The first-order valence-electron chi connectivity index (χ1n) is 5.02. The Bertz CT molecular complexity index is 437. The van der Waals surface area contributed by atoms with Gasteiger partial charge in [0.2, 0.25) is 0 Å². The highest BCUT2D eigenvalue weighted by atomic mass is 79.9. The van der Waals surface area contributed by atoms with Gasteiger partial charge in [-0.1, -0.05) is 0 Å². The van der Waals surface area contributed by atoms with Gasteiger partial charge in [0.25, 0.3) is 0 Å². The summed E-state index contributed by atoms with van der Waals surface area (Å²) < 4.78 is 0.940. The Morgan fingerprint density at radius 3 is 2.72 bits per heavy atom. The number of aliphatic carboxylic acids is 1. The van der Waals surface area contributed by atoms with E-state index >= 15 is 0 Å². The number of rotatable bonds is 5. The molecule has 1 aromatic rings. The number of aliphatic hydroxyl groups is 1. The van der Waals surface area contributed by atoms with Crippen molar-refractivity contribution < 1.29 is 19.8 Å². The number of carboxylic acid groups (broad SMARTS) is 1. The molecule has 1 heterocycles. The minimum Gasteiger partial charge on any atom is -0.480 e. The third kappa shape index (κ3) is 4.28. The summed E-state index contributed by atoms with van der Waals surface area (Å²) in [7, 11) is 1.55. The van der Waals surface area contributed by atoms with Crippen LogP contribution in [-0.2, 0) is 11.3 Å². The van der Waals surface area contributed by atoms with E-state index in [9.17, 15) is 9.59 Å². The average Bonchev–Trinajstić information content (AvgIpc) is 2.70. The molecule has 3 N–H and O–H groups in total. The number of amides is 2. The first-order valence-corrected chi connectivity index (χ1v) is 6.69. The van der Waals surface area contributed by atoms with Gasteiger partial charge >= 0.3 is 12.0 Å². The molecule has 6 nitrogen and oxygen atoms in total. The zero-order chi connectivity index (χ0) is 13.7. The fraction of sp³-hybridized carbons (Fsp3) is 0.400. The van der Waals surface area contributed by atoms with Crippen molar-refractivity contribution in [1.82, 2.24) is 10.2 Å². The Morgan fingerprint density at radius 2 is 2.28 bits per heavy atom. The lowest BCUT2D eigenvalue weighted by atomic mass is 10.3. The van der Waals surface area contributed by atoms with Crippen molar-refractivity contribution in [2.24, 2.45) is 0 Å². The number of aliphatic hydroxyl groups excluding tert-OH is 1. The fourth-order valence-electron chi connectivity index (χ4n) is 1.19. The van der Waals surface area contributed by atoms with E-state index in [4.69, 9.17) is 10.2 Å². The van der Waals surface area contributed by atoms with E-state index in [2.05, 4.69) is 21.2 Å². The summed E-state index contributed by atoms with van der Waals surface area (Å²) in [5.74, 6) is -1.27. The Hall–Kier alpha value is -1.12. The number of halogens is 1. The Labute approximate surface area is 116 Å². The smallest absolute Gasteiger partial charge is 0.328 e. The van der Waals surface area contributed by atoms with E-state index in [1.165, 1.54) is 16.2 Å². The van der Waals surface area contributed by atoms with E-state index in [-0.39, 0.29) is 0 Å². The third-order valence-corrected chi connectivity index (χ3v) is 3.82. The highest BCUT2D eigenvalue weighted by Crippen LogP contribution is 2.20. The van der Waals surface area contributed by atoms with Gasteiger partial charge in [0.15, 0.2) is 6.04 Å². The van der Waals surface area contributed by atoms with Gasteiger partial charge in [-0.25, -0.2) is 9.59 Å². The van der Waals surface area contributed by atoms with Crippen LogP contribution in [0.15, 0.2) is 15.9 Å². The zero-order valence-electron chi connectivity index (χ0n) is 9.59. The molecule has 1 aromatic heterocycles. The van der Waals surface area contributed by atoms with Gasteiger partial charge in [0, 0.05) is 21.8 Å². The molecule has 0 spiro atoms. The second-order valence-electron chi connectivity index (χ2n) is 3.61. The molecule has 0 saturated heterocycles. The number of hydrogen-bond acceptors (Lipinski definition) is 4. The maximum absolute atomic E-state index is 11.7. The number of nitrogens with zero attached hydrogens (tertiary/aromatic N) is 1. The van der Waals surface area contributed by atoms with Crippen LogP contribution in [0.4, 0.5) is 4.79 Å². The Morgan fingerprint density at radius 1 is 1.61 bits per heavy atom. The maximum atomic E-state index is 11.7. The maximum Gasteiger partial charge on any atom is 0.328 e. The predicted octanol–water partition coefficient (Wildman–Crippen LogP) is 1.10. The highest BCUT2D eigenvalue weighted by molar-refractivity contribution is 9.10. The number of thiophene rings is 1. The van der Waals surface area contributed by atoms with Gasteiger partial charge in [-0.15, -0.1) is 11.3 Å². The second-order valence-corrected chi connectivity index (χ2v) is 5.52. The van der Waals surface area contributed by atoms with Gasteiger partial charge in [-0.2, -0.15) is 0 Å². The molecule has 0 aliphatic carbocycles. The molecule has 0 aliphatic heterocycles. The number of urea groups is 1. The summed E-state index contributed by atoms with van der Waals surface area (Å²) in [6.07, 6.45) is 0. The molecule has 0 aliphatic rings. The van der Waals surface area contributed by atoms with Crippen LogP contribution >= 0.6 is 27.3 Å². The topological polar surface area (TPSA) is 89.9 Å². The predicted molar refractivity (Wildman–Crippen MR) is 70.5 cm³/mol. The van der Waals surface area contributed by atoms with Crippen LogP contribution in [0.5, 0.6) is 0 Å². The molecule has 1 unspecified atom stereocenters. The zero-order valence-corrected chi connectivity index (χ0v) is 12.0. The quantitative estimate of drug-likeness (QED) is 0.751. The molecule has 0 bridgehead atoms. The SMILES string of the molecule is CN(Cc1cc(Br)cs1)C(=O)NC(CO)C(=O)O. The van der Waals surface area contributed by atoms with Crippen LogP contribution in [0.2, 0.25) is 0 Å². The van der Waals surface area contributed by atoms with Crippen molar-refractivity contribution in [3.63, 3.8) is 0 Å². The monoisotopic (exact) mass is 336 g/mol. The second kappa shape index (κ2) is 6.72. The van der Waals surface area contributed by atoms with Crippen LogP contribution in [-0.4, -0.2) is 46.8 Å².